The van der Waals surface area contributed by atoms with E-state index in [0.717, 1.165) is 18.2 Å². The number of carbonyl (C=O) groups is 2. The van der Waals surface area contributed by atoms with Gasteiger partial charge in [0.15, 0.2) is 0 Å². The summed E-state index contributed by atoms with van der Waals surface area (Å²) in [5.74, 6) is -0.727. The van der Waals surface area contributed by atoms with E-state index in [9.17, 15) is 22.8 Å². The molecule has 1 aliphatic rings. The van der Waals surface area contributed by atoms with Crippen LogP contribution >= 0.6 is 23.2 Å². The van der Waals surface area contributed by atoms with Crippen molar-refractivity contribution in [1.82, 2.24) is 10.8 Å². The van der Waals surface area contributed by atoms with Crippen LogP contribution < -0.4 is 16.5 Å². The molecule has 0 fully saturated rings. The van der Waals surface area contributed by atoms with E-state index in [4.69, 9.17) is 33.8 Å². The van der Waals surface area contributed by atoms with Gasteiger partial charge >= 0.3 is 12.2 Å². The van der Waals surface area contributed by atoms with E-state index < -0.39 is 23.7 Å². The van der Waals surface area contributed by atoms with E-state index >= 15 is 0 Å². The van der Waals surface area contributed by atoms with Gasteiger partial charge in [0, 0.05) is 21.2 Å². The predicted molar refractivity (Wildman–Crippen MR) is 105 cm³/mol. The van der Waals surface area contributed by atoms with Crippen LogP contribution in [0.1, 0.15) is 27.0 Å². The quantitative estimate of drug-likeness (QED) is 0.632. The summed E-state index contributed by atoms with van der Waals surface area (Å²) < 4.78 is 42.1. The van der Waals surface area contributed by atoms with E-state index in [1.807, 2.05) is 5.32 Å². The largest absolute Gasteiger partial charge is 0.428 e. The van der Waals surface area contributed by atoms with E-state index in [-0.39, 0.29) is 26.9 Å². The SMILES string of the molecule is Cc1cc(C2=CC(c3cc(Cl)cc(Cl)c3)(C(F)(F)F)ON2)ccc1C(=O)NC(N)=O. The molecular formula is C19H14Cl2F3N3O3. The molecule has 30 heavy (non-hydrogen) atoms. The molecule has 3 amide bonds. The Morgan fingerprint density at radius 1 is 1.13 bits per heavy atom. The number of benzene rings is 2. The highest BCUT2D eigenvalue weighted by atomic mass is 35.5. The lowest BCUT2D eigenvalue weighted by Crippen LogP contribution is -2.42. The van der Waals surface area contributed by atoms with Gasteiger partial charge in [0.2, 0.25) is 5.60 Å². The number of nitrogens with one attached hydrogen (secondary N) is 2. The van der Waals surface area contributed by atoms with Crippen LogP contribution in [0.5, 0.6) is 0 Å². The summed E-state index contributed by atoms with van der Waals surface area (Å²) >= 11 is 11.8. The summed E-state index contributed by atoms with van der Waals surface area (Å²) in [5.41, 5.74) is 4.98. The molecule has 0 saturated carbocycles. The van der Waals surface area contributed by atoms with Gasteiger partial charge < -0.3 is 5.73 Å². The van der Waals surface area contributed by atoms with E-state index in [1.165, 1.54) is 24.3 Å². The maximum absolute atomic E-state index is 14.0. The number of nitrogens with two attached hydrogens (primary N) is 1. The Kier molecular flexibility index (Phi) is 5.72. The summed E-state index contributed by atoms with van der Waals surface area (Å²) in [5, 5.41) is 1.97. The number of urea groups is 1. The van der Waals surface area contributed by atoms with Crippen LogP contribution in [0.2, 0.25) is 10.0 Å². The molecule has 1 atom stereocenters. The molecule has 0 radical (unpaired) electrons. The van der Waals surface area contributed by atoms with E-state index in [2.05, 4.69) is 5.48 Å². The summed E-state index contributed by atoms with van der Waals surface area (Å²) in [6, 6.07) is 6.75. The first-order chi connectivity index (χ1) is 13.9. The van der Waals surface area contributed by atoms with Crippen molar-refractivity contribution in [3.8, 4) is 0 Å². The molecule has 2 aromatic rings. The summed E-state index contributed by atoms with van der Waals surface area (Å²) in [7, 11) is 0. The third-order valence-corrected chi connectivity index (χ3v) is 4.84. The Labute approximate surface area is 178 Å². The Morgan fingerprint density at radius 3 is 2.30 bits per heavy atom. The minimum atomic E-state index is -4.84. The van der Waals surface area contributed by atoms with Crippen LogP contribution in [0.3, 0.4) is 0 Å². The lowest BCUT2D eigenvalue weighted by atomic mass is 9.91. The molecule has 0 bridgehead atoms. The second-order valence-corrected chi connectivity index (χ2v) is 7.37. The van der Waals surface area contributed by atoms with Gasteiger partial charge in [0.1, 0.15) is 0 Å². The number of imide groups is 1. The van der Waals surface area contributed by atoms with Crippen LogP contribution in [0.15, 0.2) is 42.5 Å². The zero-order valence-corrected chi connectivity index (χ0v) is 16.7. The van der Waals surface area contributed by atoms with Crippen LogP contribution in [-0.4, -0.2) is 18.1 Å². The first-order valence-corrected chi connectivity index (χ1v) is 9.10. The summed E-state index contributed by atoms with van der Waals surface area (Å²) in [4.78, 5) is 27.8. The Hall–Kier alpha value is -2.75. The number of aryl methyl sites for hydroxylation is 1. The number of primary amides is 1. The molecule has 6 nitrogen and oxygen atoms in total. The standard InChI is InChI=1S/C19H14Cl2F3N3O3/c1-9-4-10(2-3-14(9)16(28)26-17(25)29)15-8-18(30-27-15,19(22,23)24)11-5-12(20)7-13(21)6-11/h2-8,27H,1H3,(H3,25,26,28,29). The van der Waals surface area contributed by atoms with Crippen LogP contribution in [0.4, 0.5) is 18.0 Å². The fourth-order valence-corrected chi connectivity index (χ4v) is 3.55. The van der Waals surface area contributed by atoms with Gasteiger partial charge in [0.25, 0.3) is 5.91 Å². The molecule has 11 heteroatoms. The minimum Gasteiger partial charge on any atom is -0.351 e. The highest BCUT2D eigenvalue weighted by Gasteiger charge is 2.59. The number of alkyl halides is 3. The second-order valence-electron chi connectivity index (χ2n) is 6.50. The average Bonchev–Trinajstić information content (AvgIpc) is 3.06. The lowest BCUT2D eigenvalue weighted by Gasteiger charge is -2.28. The molecule has 0 aromatic heterocycles. The summed E-state index contributed by atoms with van der Waals surface area (Å²) in [6.07, 6.45) is -3.97. The van der Waals surface area contributed by atoms with Gasteiger partial charge in [-0.05, 0) is 54.5 Å². The van der Waals surface area contributed by atoms with Crippen LogP contribution in [0.25, 0.3) is 5.70 Å². The van der Waals surface area contributed by atoms with E-state index in [0.29, 0.717) is 11.1 Å². The summed E-state index contributed by atoms with van der Waals surface area (Å²) in [6.45, 7) is 1.56. The number of hydrogen-bond donors (Lipinski definition) is 3. The van der Waals surface area contributed by atoms with Gasteiger partial charge in [-0.2, -0.15) is 13.2 Å². The lowest BCUT2D eigenvalue weighted by molar-refractivity contribution is -0.269. The maximum atomic E-state index is 14.0. The van der Waals surface area contributed by atoms with Crippen molar-refractivity contribution in [2.24, 2.45) is 5.73 Å². The van der Waals surface area contributed by atoms with Crippen molar-refractivity contribution >= 4 is 40.8 Å². The van der Waals surface area contributed by atoms with Crippen molar-refractivity contribution in [3.05, 3.63) is 74.8 Å². The number of carbonyl (C=O) groups excluding carboxylic acids is 2. The molecule has 1 unspecified atom stereocenters. The second kappa shape index (κ2) is 7.82. The van der Waals surface area contributed by atoms with Crippen molar-refractivity contribution in [1.29, 1.82) is 0 Å². The van der Waals surface area contributed by atoms with E-state index in [1.54, 1.807) is 6.92 Å². The molecule has 2 aromatic carbocycles. The number of rotatable bonds is 3. The smallest absolute Gasteiger partial charge is 0.351 e. The van der Waals surface area contributed by atoms with Gasteiger partial charge in [0.05, 0.1) is 5.70 Å². The van der Waals surface area contributed by atoms with Gasteiger partial charge in [-0.15, -0.1) is 0 Å². The van der Waals surface area contributed by atoms with Crippen molar-refractivity contribution in [2.45, 2.75) is 18.7 Å². The number of halogens is 5. The van der Waals surface area contributed by atoms with Crippen LogP contribution in [0, 0.1) is 6.92 Å². The highest BCUT2D eigenvalue weighted by molar-refractivity contribution is 6.34. The molecular weight excluding hydrogens is 446 g/mol. The zero-order chi connectivity index (χ0) is 22.3. The molecule has 158 valence electrons. The fraction of sp³-hybridized carbons (Fsp3) is 0.158. The van der Waals surface area contributed by atoms with Gasteiger partial charge in [-0.25, -0.2) is 4.79 Å². The molecule has 1 heterocycles. The first-order valence-electron chi connectivity index (χ1n) is 8.35. The number of amides is 3. The first kappa shape index (κ1) is 21.9. The minimum absolute atomic E-state index is 0.0206. The highest BCUT2D eigenvalue weighted by Crippen LogP contribution is 2.48. The number of hydroxylamine groups is 1. The predicted octanol–water partition coefficient (Wildman–Crippen LogP) is 4.44. The van der Waals surface area contributed by atoms with Gasteiger partial charge in [-0.3, -0.25) is 20.4 Å². The Morgan fingerprint density at radius 2 is 1.77 bits per heavy atom. The third kappa shape index (κ3) is 4.09. The normalized spacial score (nSPS) is 18.5. The number of hydrogen-bond acceptors (Lipinski definition) is 4. The van der Waals surface area contributed by atoms with Gasteiger partial charge in [-0.1, -0.05) is 29.3 Å². The molecule has 4 N–H and O–H groups in total. The molecule has 0 saturated heterocycles. The van der Waals surface area contributed by atoms with Crippen molar-refractivity contribution < 1.29 is 27.6 Å². The average molecular weight is 460 g/mol. The Balaban J connectivity index is 2.04. The van der Waals surface area contributed by atoms with Crippen LogP contribution in [-0.2, 0) is 10.4 Å². The molecule has 1 aliphatic heterocycles. The Bertz CT molecular complexity index is 1050. The molecule has 3 rings (SSSR count). The fourth-order valence-electron chi connectivity index (χ4n) is 3.02. The maximum Gasteiger partial charge on any atom is 0.428 e. The van der Waals surface area contributed by atoms with Crippen molar-refractivity contribution in [3.63, 3.8) is 0 Å². The zero-order valence-electron chi connectivity index (χ0n) is 15.2. The molecule has 0 aliphatic carbocycles. The monoisotopic (exact) mass is 459 g/mol. The topological polar surface area (TPSA) is 93.4 Å². The molecule has 0 spiro atoms. The van der Waals surface area contributed by atoms with Crippen molar-refractivity contribution in [2.75, 3.05) is 0 Å². The third-order valence-electron chi connectivity index (χ3n) is 4.40.